The van der Waals surface area contributed by atoms with Crippen LogP contribution in [0.5, 0.6) is 5.75 Å². The van der Waals surface area contributed by atoms with Gasteiger partial charge in [-0.3, -0.25) is 9.59 Å². The molecule has 0 aromatic heterocycles. The van der Waals surface area contributed by atoms with Crippen LogP contribution in [0.2, 0.25) is 0 Å². The molecule has 1 saturated carbocycles. The number of fused-ring (bicyclic) bond motifs is 1. The van der Waals surface area contributed by atoms with Gasteiger partial charge in [-0.2, -0.15) is 10.1 Å². The molecule has 0 N–H and O–H groups in total. The lowest BCUT2D eigenvalue weighted by Gasteiger charge is -2.37. The minimum Gasteiger partial charge on any atom is -0.490 e. The topological polar surface area (TPSA) is 59.0 Å². The second-order valence-corrected chi connectivity index (χ2v) is 6.75. The fourth-order valence-corrected chi connectivity index (χ4v) is 4.14. The van der Waals surface area contributed by atoms with E-state index in [4.69, 9.17) is 4.74 Å². The fraction of sp³-hybridized carbons (Fsp3) is 0.350. The molecule has 2 bridgehead atoms. The van der Waals surface area contributed by atoms with E-state index in [1.54, 1.807) is 12.3 Å². The van der Waals surface area contributed by atoms with Gasteiger partial charge < -0.3 is 4.74 Å². The molecule has 1 aromatic carbocycles. The molecule has 1 heterocycles. The number of hydrazone groups is 1. The fourth-order valence-electron chi connectivity index (χ4n) is 4.14. The second-order valence-electron chi connectivity index (χ2n) is 6.75. The van der Waals surface area contributed by atoms with E-state index < -0.39 is 0 Å². The summed E-state index contributed by atoms with van der Waals surface area (Å²) >= 11 is 0. The van der Waals surface area contributed by atoms with E-state index in [0.717, 1.165) is 23.4 Å². The summed E-state index contributed by atoms with van der Waals surface area (Å²) in [6.07, 6.45) is 9.40. The molecule has 2 amide bonds. The Kier molecular flexibility index (Phi) is 3.99. The lowest BCUT2D eigenvalue weighted by Crippen LogP contribution is -2.38. The predicted molar refractivity (Wildman–Crippen MR) is 93.9 cm³/mol. The maximum absolute atomic E-state index is 12.7. The van der Waals surface area contributed by atoms with Crippen LogP contribution >= 0.6 is 0 Å². The highest BCUT2D eigenvalue weighted by molar-refractivity contribution is 6.06. The van der Waals surface area contributed by atoms with Crippen LogP contribution in [-0.2, 0) is 9.59 Å². The van der Waals surface area contributed by atoms with Gasteiger partial charge >= 0.3 is 0 Å². The maximum atomic E-state index is 12.7. The second kappa shape index (κ2) is 6.31. The van der Waals surface area contributed by atoms with E-state index in [2.05, 4.69) is 23.8 Å². The van der Waals surface area contributed by atoms with Gasteiger partial charge in [-0.05, 0) is 42.4 Å². The van der Waals surface area contributed by atoms with Crippen molar-refractivity contribution >= 4 is 18.0 Å². The summed E-state index contributed by atoms with van der Waals surface area (Å²) < 4.78 is 5.49. The molecule has 1 saturated heterocycles. The minimum absolute atomic E-state index is 0.163. The zero-order valence-corrected chi connectivity index (χ0v) is 13.9. The van der Waals surface area contributed by atoms with Crippen molar-refractivity contribution in [3.63, 3.8) is 0 Å². The van der Waals surface area contributed by atoms with Gasteiger partial charge in [-0.1, -0.05) is 36.9 Å². The van der Waals surface area contributed by atoms with Gasteiger partial charge in [0.05, 0.1) is 18.1 Å². The number of benzene rings is 1. The Morgan fingerprint density at radius 3 is 2.44 bits per heavy atom. The molecule has 4 aliphatic rings. The molecule has 0 spiro atoms. The van der Waals surface area contributed by atoms with Crippen LogP contribution in [0.1, 0.15) is 18.4 Å². The third-order valence-electron chi connectivity index (χ3n) is 5.28. The lowest BCUT2D eigenvalue weighted by molar-refractivity contribution is -0.140. The average Bonchev–Trinajstić information content (AvgIpc) is 2.92. The van der Waals surface area contributed by atoms with Crippen molar-refractivity contribution in [2.75, 3.05) is 6.61 Å². The summed E-state index contributed by atoms with van der Waals surface area (Å²) in [6.45, 7) is 4.04. The molecular formula is C20H20N2O3. The summed E-state index contributed by atoms with van der Waals surface area (Å²) in [4.78, 5) is 25.4. The number of carbonyl (C=O) groups is 2. The van der Waals surface area contributed by atoms with E-state index in [0.29, 0.717) is 12.4 Å². The number of ether oxygens (including phenoxy) is 1. The first-order valence-corrected chi connectivity index (χ1v) is 8.63. The SMILES string of the molecule is C=CCOc1cccc(/C=N\N2C(=O)[C@H]3[C@H](C2=O)[C@H]2C=C[C@H]3CC2)c1. The Hall–Kier alpha value is -2.69. The number of amides is 2. The summed E-state index contributed by atoms with van der Waals surface area (Å²) in [5, 5.41) is 5.28. The number of allylic oxidation sites excluding steroid dienone is 2. The normalized spacial score (nSPS) is 30.2. The van der Waals surface area contributed by atoms with Gasteiger partial charge in [0.25, 0.3) is 11.8 Å². The monoisotopic (exact) mass is 336 g/mol. The number of hydrogen-bond donors (Lipinski definition) is 0. The van der Waals surface area contributed by atoms with Gasteiger partial charge in [0.1, 0.15) is 12.4 Å². The van der Waals surface area contributed by atoms with Gasteiger partial charge in [0, 0.05) is 0 Å². The van der Waals surface area contributed by atoms with Gasteiger partial charge in [-0.25, -0.2) is 0 Å². The summed E-state index contributed by atoms with van der Waals surface area (Å²) in [7, 11) is 0. The summed E-state index contributed by atoms with van der Waals surface area (Å²) in [6, 6.07) is 7.35. The molecule has 0 unspecified atom stereocenters. The van der Waals surface area contributed by atoms with E-state index in [1.807, 2.05) is 24.3 Å². The minimum atomic E-state index is -0.226. The van der Waals surface area contributed by atoms with Gasteiger partial charge in [0.15, 0.2) is 0 Å². The van der Waals surface area contributed by atoms with Crippen LogP contribution in [0.25, 0.3) is 0 Å². The van der Waals surface area contributed by atoms with Crippen molar-refractivity contribution in [1.82, 2.24) is 5.01 Å². The molecule has 1 aromatic rings. The van der Waals surface area contributed by atoms with Crippen molar-refractivity contribution in [2.24, 2.45) is 28.8 Å². The van der Waals surface area contributed by atoms with Crippen molar-refractivity contribution < 1.29 is 14.3 Å². The van der Waals surface area contributed by atoms with E-state index >= 15 is 0 Å². The van der Waals surface area contributed by atoms with E-state index in [9.17, 15) is 9.59 Å². The third-order valence-corrected chi connectivity index (χ3v) is 5.28. The molecule has 2 fully saturated rings. The molecular weight excluding hydrogens is 316 g/mol. The zero-order chi connectivity index (χ0) is 17.4. The van der Waals surface area contributed by atoms with E-state index in [-0.39, 0.29) is 35.5 Å². The van der Waals surface area contributed by atoms with Crippen molar-refractivity contribution in [2.45, 2.75) is 12.8 Å². The first kappa shape index (κ1) is 15.8. The van der Waals surface area contributed by atoms with Crippen molar-refractivity contribution in [3.8, 4) is 5.75 Å². The number of nitrogens with zero attached hydrogens (tertiary/aromatic N) is 2. The maximum Gasteiger partial charge on any atom is 0.254 e. The highest BCUT2D eigenvalue weighted by atomic mass is 16.5. The summed E-state index contributed by atoms with van der Waals surface area (Å²) in [5.41, 5.74) is 0.776. The molecule has 1 aliphatic heterocycles. The van der Waals surface area contributed by atoms with Crippen molar-refractivity contribution in [3.05, 3.63) is 54.6 Å². The highest BCUT2D eigenvalue weighted by Gasteiger charge is 2.56. The van der Waals surface area contributed by atoms with Crippen LogP contribution in [0.4, 0.5) is 0 Å². The zero-order valence-electron chi connectivity index (χ0n) is 13.9. The highest BCUT2D eigenvalue weighted by Crippen LogP contribution is 2.49. The average molecular weight is 336 g/mol. The molecule has 4 atom stereocenters. The van der Waals surface area contributed by atoms with Crippen LogP contribution in [0, 0.1) is 23.7 Å². The van der Waals surface area contributed by atoms with Crippen LogP contribution in [0.3, 0.4) is 0 Å². The van der Waals surface area contributed by atoms with Crippen LogP contribution in [-0.4, -0.2) is 29.6 Å². The van der Waals surface area contributed by atoms with Gasteiger partial charge in [0.2, 0.25) is 0 Å². The molecule has 0 radical (unpaired) electrons. The standard InChI is InChI=1S/C20H20N2O3/c1-2-10-25-16-5-3-4-13(11-16)12-21-22-19(23)17-14-6-7-15(9-8-14)18(17)20(22)24/h2-7,11-12,14-15,17-18H,1,8-10H2/b21-12-/t14-,15-,17+,18+/m0/s1. The Balaban J connectivity index is 1.53. The molecule has 5 nitrogen and oxygen atoms in total. The number of carbonyl (C=O) groups excluding carboxylic acids is 2. The first-order valence-electron chi connectivity index (χ1n) is 8.63. The molecule has 128 valence electrons. The molecule has 5 rings (SSSR count). The van der Waals surface area contributed by atoms with E-state index in [1.165, 1.54) is 0 Å². The smallest absolute Gasteiger partial charge is 0.254 e. The predicted octanol–water partition coefficient (Wildman–Crippen LogP) is 2.78. The number of hydrogen-bond acceptors (Lipinski definition) is 4. The quantitative estimate of drug-likeness (QED) is 0.472. The Morgan fingerprint density at radius 2 is 1.84 bits per heavy atom. The molecule has 5 heteroatoms. The Morgan fingerprint density at radius 1 is 1.16 bits per heavy atom. The third kappa shape index (κ3) is 2.69. The summed E-state index contributed by atoms with van der Waals surface area (Å²) in [5.74, 6) is 0.281. The number of imide groups is 1. The Labute approximate surface area is 146 Å². The largest absolute Gasteiger partial charge is 0.490 e. The van der Waals surface area contributed by atoms with Crippen LogP contribution in [0.15, 0.2) is 54.2 Å². The first-order chi connectivity index (χ1) is 12.2. The Bertz CT molecular complexity index is 751. The molecule has 25 heavy (non-hydrogen) atoms. The molecule has 3 aliphatic carbocycles. The lowest BCUT2D eigenvalue weighted by atomic mass is 9.63. The van der Waals surface area contributed by atoms with Crippen molar-refractivity contribution in [1.29, 1.82) is 0 Å². The van der Waals surface area contributed by atoms with Gasteiger partial charge in [-0.15, -0.1) is 0 Å². The van der Waals surface area contributed by atoms with Crippen LogP contribution < -0.4 is 4.74 Å². The number of rotatable bonds is 5.